The Balaban J connectivity index is 2.16. The van der Waals surface area contributed by atoms with Crippen molar-refractivity contribution in [2.24, 2.45) is 0 Å². The molecule has 2 rings (SSSR count). The van der Waals surface area contributed by atoms with Crippen LogP contribution in [0.15, 0.2) is 16.8 Å². The van der Waals surface area contributed by atoms with Gasteiger partial charge < -0.3 is 9.80 Å². The number of hydrogen-bond acceptors (Lipinski definition) is 4. The van der Waals surface area contributed by atoms with Crippen molar-refractivity contribution in [2.75, 3.05) is 20.1 Å². The Labute approximate surface area is 132 Å². The molecule has 0 saturated carbocycles. The zero-order valence-electron chi connectivity index (χ0n) is 13.7. The minimum atomic E-state index is -0.441. The fraction of sp³-hybridized carbons (Fsp3) is 0.688. The van der Waals surface area contributed by atoms with Crippen LogP contribution in [0, 0.1) is 0 Å². The summed E-state index contributed by atoms with van der Waals surface area (Å²) in [5.74, 6) is 0.221. The summed E-state index contributed by atoms with van der Waals surface area (Å²) in [6.45, 7) is 10.1. The Kier molecular flexibility index (Phi) is 5.07. The van der Waals surface area contributed by atoms with Gasteiger partial charge in [0.15, 0.2) is 0 Å². The van der Waals surface area contributed by atoms with E-state index in [4.69, 9.17) is 0 Å². The SMILES string of the molecule is CCC1(C)NC(c2ccsc2)N(CCN(C)C(C)C)C1=O. The maximum atomic E-state index is 12.8. The summed E-state index contributed by atoms with van der Waals surface area (Å²) in [5.41, 5.74) is 0.751. The zero-order valence-corrected chi connectivity index (χ0v) is 14.5. The zero-order chi connectivity index (χ0) is 15.6. The van der Waals surface area contributed by atoms with E-state index in [1.54, 1.807) is 11.3 Å². The molecule has 1 N–H and O–H groups in total. The number of nitrogens with one attached hydrogen (secondary N) is 1. The summed E-state index contributed by atoms with van der Waals surface area (Å²) in [4.78, 5) is 17.1. The first kappa shape index (κ1) is 16.5. The summed E-state index contributed by atoms with van der Waals surface area (Å²) in [7, 11) is 2.11. The van der Waals surface area contributed by atoms with Crippen molar-refractivity contribution in [2.45, 2.75) is 51.9 Å². The van der Waals surface area contributed by atoms with Crippen molar-refractivity contribution in [3.8, 4) is 0 Å². The van der Waals surface area contributed by atoms with E-state index in [0.29, 0.717) is 6.04 Å². The second-order valence-electron chi connectivity index (χ2n) is 6.36. The average Bonchev–Trinajstić information content (AvgIpc) is 3.05. The van der Waals surface area contributed by atoms with Gasteiger partial charge in [-0.2, -0.15) is 11.3 Å². The largest absolute Gasteiger partial charge is 0.320 e. The third kappa shape index (κ3) is 3.30. The fourth-order valence-corrected chi connectivity index (χ4v) is 3.26. The number of rotatable bonds is 6. The molecule has 1 amide bonds. The molecule has 21 heavy (non-hydrogen) atoms. The van der Waals surface area contributed by atoms with Crippen LogP contribution < -0.4 is 5.32 Å². The van der Waals surface area contributed by atoms with E-state index in [1.165, 1.54) is 5.56 Å². The van der Waals surface area contributed by atoms with Gasteiger partial charge in [-0.1, -0.05) is 6.92 Å². The molecular formula is C16H27N3OS. The molecule has 1 fully saturated rings. The third-order valence-electron chi connectivity index (χ3n) is 4.64. The predicted molar refractivity (Wildman–Crippen MR) is 88.4 cm³/mol. The van der Waals surface area contributed by atoms with E-state index in [1.807, 2.05) is 11.8 Å². The van der Waals surface area contributed by atoms with Crippen molar-refractivity contribution in [3.05, 3.63) is 22.4 Å². The van der Waals surface area contributed by atoms with Crippen molar-refractivity contribution < 1.29 is 4.79 Å². The number of thiophene rings is 1. The van der Waals surface area contributed by atoms with Crippen molar-refractivity contribution in [3.63, 3.8) is 0 Å². The van der Waals surface area contributed by atoms with E-state index in [-0.39, 0.29) is 12.1 Å². The molecule has 1 aromatic rings. The molecule has 5 heteroatoms. The number of carbonyl (C=O) groups excluding carboxylic acids is 1. The monoisotopic (exact) mass is 309 g/mol. The summed E-state index contributed by atoms with van der Waals surface area (Å²) in [5, 5.41) is 7.74. The van der Waals surface area contributed by atoms with E-state index in [2.05, 4.69) is 54.9 Å². The topological polar surface area (TPSA) is 35.6 Å². The fourth-order valence-electron chi connectivity index (χ4n) is 2.58. The van der Waals surface area contributed by atoms with Crippen LogP contribution in [0.3, 0.4) is 0 Å². The first-order valence-corrected chi connectivity index (χ1v) is 8.64. The molecule has 2 heterocycles. The molecular weight excluding hydrogens is 282 g/mol. The minimum absolute atomic E-state index is 0.00858. The smallest absolute Gasteiger partial charge is 0.244 e. The molecule has 0 aliphatic carbocycles. The molecule has 0 aromatic carbocycles. The highest BCUT2D eigenvalue weighted by Crippen LogP contribution is 2.33. The van der Waals surface area contributed by atoms with Crippen LogP contribution in [-0.2, 0) is 4.79 Å². The van der Waals surface area contributed by atoms with Gasteiger partial charge in [-0.25, -0.2) is 0 Å². The Bertz CT molecular complexity index is 474. The molecule has 0 radical (unpaired) electrons. The van der Waals surface area contributed by atoms with E-state index < -0.39 is 5.54 Å². The lowest BCUT2D eigenvalue weighted by Gasteiger charge is -2.28. The summed E-state index contributed by atoms with van der Waals surface area (Å²) < 4.78 is 0. The van der Waals surface area contributed by atoms with Crippen LogP contribution in [0.4, 0.5) is 0 Å². The molecule has 0 bridgehead atoms. The first-order valence-electron chi connectivity index (χ1n) is 7.70. The Hall–Kier alpha value is -0.910. The van der Waals surface area contributed by atoms with Gasteiger partial charge in [0.2, 0.25) is 5.91 Å². The van der Waals surface area contributed by atoms with Crippen LogP contribution in [0.25, 0.3) is 0 Å². The average molecular weight is 309 g/mol. The van der Waals surface area contributed by atoms with Gasteiger partial charge in [-0.05, 0) is 56.6 Å². The number of nitrogens with zero attached hydrogens (tertiary/aromatic N) is 2. The van der Waals surface area contributed by atoms with Gasteiger partial charge in [-0.3, -0.25) is 10.1 Å². The van der Waals surface area contributed by atoms with Crippen LogP contribution in [0.5, 0.6) is 0 Å². The van der Waals surface area contributed by atoms with Crippen molar-refractivity contribution in [1.29, 1.82) is 0 Å². The molecule has 1 aliphatic rings. The second kappa shape index (κ2) is 6.46. The summed E-state index contributed by atoms with van der Waals surface area (Å²) in [6, 6.07) is 2.60. The third-order valence-corrected chi connectivity index (χ3v) is 5.34. The van der Waals surface area contributed by atoms with Gasteiger partial charge in [0.05, 0.1) is 5.54 Å². The van der Waals surface area contributed by atoms with Gasteiger partial charge in [0, 0.05) is 19.1 Å². The first-order chi connectivity index (χ1) is 9.89. The number of carbonyl (C=O) groups is 1. The van der Waals surface area contributed by atoms with Crippen LogP contribution in [0.2, 0.25) is 0 Å². The Morgan fingerprint density at radius 3 is 2.76 bits per heavy atom. The molecule has 2 atom stereocenters. The maximum Gasteiger partial charge on any atom is 0.244 e. The molecule has 2 unspecified atom stereocenters. The minimum Gasteiger partial charge on any atom is -0.320 e. The summed E-state index contributed by atoms with van der Waals surface area (Å²) >= 11 is 1.68. The molecule has 4 nitrogen and oxygen atoms in total. The molecule has 1 aromatic heterocycles. The highest BCUT2D eigenvalue weighted by atomic mass is 32.1. The van der Waals surface area contributed by atoms with Gasteiger partial charge in [0.1, 0.15) is 6.17 Å². The van der Waals surface area contributed by atoms with E-state index in [9.17, 15) is 4.79 Å². The lowest BCUT2D eigenvalue weighted by Crippen LogP contribution is -2.44. The molecule has 0 spiro atoms. The van der Waals surface area contributed by atoms with Crippen molar-refractivity contribution in [1.82, 2.24) is 15.1 Å². The lowest BCUT2D eigenvalue weighted by molar-refractivity contribution is -0.133. The van der Waals surface area contributed by atoms with Crippen LogP contribution in [0.1, 0.15) is 45.8 Å². The van der Waals surface area contributed by atoms with Crippen LogP contribution in [-0.4, -0.2) is 47.4 Å². The quantitative estimate of drug-likeness (QED) is 0.877. The molecule has 118 valence electrons. The maximum absolute atomic E-state index is 12.8. The second-order valence-corrected chi connectivity index (χ2v) is 7.14. The van der Waals surface area contributed by atoms with E-state index >= 15 is 0 Å². The number of likely N-dealkylation sites (N-methyl/N-ethyl adjacent to an activating group) is 1. The van der Waals surface area contributed by atoms with Gasteiger partial charge in [0.25, 0.3) is 0 Å². The standard InChI is InChI=1S/C16H27N3OS/c1-6-16(4)15(20)19(9-8-18(5)12(2)3)14(17-16)13-7-10-21-11-13/h7,10-12,14,17H,6,8-9H2,1-5H3. The highest BCUT2D eigenvalue weighted by Gasteiger charge is 2.47. The molecule has 1 saturated heterocycles. The summed E-state index contributed by atoms with van der Waals surface area (Å²) in [6.07, 6.45) is 0.817. The normalized spacial score (nSPS) is 26.3. The van der Waals surface area contributed by atoms with E-state index in [0.717, 1.165) is 19.5 Å². The number of amides is 1. The van der Waals surface area contributed by atoms with Crippen LogP contribution >= 0.6 is 11.3 Å². The lowest BCUT2D eigenvalue weighted by atomic mass is 9.99. The van der Waals surface area contributed by atoms with Gasteiger partial charge >= 0.3 is 0 Å². The molecule has 1 aliphatic heterocycles. The van der Waals surface area contributed by atoms with Crippen molar-refractivity contribution >= 4 is 17.2 Å². The van der Waals surface area contributed by atoms with Gasteiger partial charge in [-0.15, -0.1) is 0 Å². The highest BCUT2D eigenvalue weighted by molar-refractivity contribution is 7.07. The Morgan fingerprint density at radius 2 is 2.24 bits per heavy atom. The number of hydrogen-bond donors (Lipinski definition) is 1. The Morgan fingerprint density at radius 1 is 1.52 bits per heavy atom. The predicted octanol–water partition coefficient (Wildman–Crippen LogP) is 2.69.